The Morgan fingerprint density at radius 2 is 2.31 bits per heavy atom. The molecule has 0 unspecified atom stereocenters. The molecule has 0 atom stereocenters. The van der Waals surface area contributed by atoms with Gasteiger partial charge in [0.05, 0.1) is 6.54 Å². The second kappa shape index (κ2) is 6.14. The molecule has 0 aromatic heterocycles. The van der Waals surface area contributed by atoms with Crippen LogP contribution in [0.3, 0.4) is 0 Å². The summed E-state index contributed by atoms with van der Waals surface area (Å²) >= 11 is 0. The van der Waals surface area contributed by atoms with Crippen LogP contribution >= 0.6 is 0 Å². The van der Waals surface area contributed by atoms with E-state index in [4.69, 9.17) is 0 Å². The number of nitrogens with one attached hydrogen (secondary N) is 1. The van der Waals surface area contributed by atoms with E-state index < -0.39 is 0 Å². The van der Waals surface area contributed by atoms with Gasteiger partial charge >= 0.3 is 0 Å². The lowest BCUT2D eigenvalue weighted by atomic mass is 10.5. The fraction of sp³-hybridized carbons (Fsp3) is 0.333. The molecule has 0 aliphatic heterocycles. The molecule has 0 rings (SSSR count). The van der Waals surface area contributed by atoms with E-state index in [2.05, 4.69) is 23.5 Å². The fourth-order valence-electron chi connectivity index (χ4n) is 0.639. The van der Waals surface area contributed by atoms with Crippen LogP contribution in [0.2, 0.25) is 0 Å². The van der Waals surface area contributed by atoms with Gasteiger partial charge in [-0.15, -0.1) is 0 Å². The number of allylic oxidation sites excluding steroid dienone is 1. The van der Waals surface area contributed by atoms with Crippen LogP contribution in [0.25, 0.3) is 0 Å². The standard InChI is InChI=1S/C9H15N3O/c1-5-6-11-8(2)12(4)9(13)7-10-3/h5-6,10H,1-2,7H2,3-4H3/b11-6-. The number of nitrogens with zero attached hydrogens (tertiary/aromatic N) is 2. The first kappa shape index (κ1) is 11.6. The van der Waals surface area contributed by atoms with Gasteiger partial charge < -0.3 is 5.32 Å². The topological polar surface area (TPSA) is 44.7 Å². The number of rotatable bonds is 5. The molecule has 0 fully saturated rings. The summed E-state index contributed by atoms with van der Waals surface area (Å²) in [7, 11) is 3.34. The lowest BCUT2D eigenvalue weighted by Crippen LogP contribution is -2.32. The third kappa shape index (κ3) is 4.22. The summed E-state index contributed by atoms with van der Waals surface area (Å²) < 4.78 is 0. The first-order valence-corrected chi connectivity index (χ1v) is 3.88. The molecule has 4 nitrogen and oxygen atoms in total. The Labute approximate surface area is 78.6 Å². The Hall–Kier alpha value is -1.42. The summed E-state index contributed by atoms with van der Waals surface area (Å²) in [6.45, 7) is 7.37. The highest BCUT2D eigenvalue weighted by Crippen LogP contribution is 1.98. The third-order valence-corrected chi connectivity index (χ3v) is 1.42. The van der Waals surface area contributed by atoms with Crippen LogP contribution in [0.4, 0.5) is 0 Å². The first-order valence-electron chi connectivity index (χ1n) is 3.88. The van der Waals surface area contributed by atoms with Crippen molar-refractivity contribution in [2.75, 3.05) is 20.6 Å². The lowest BCUT2D eigenvalue weighted by molar-refractivity contribution is -0.127. The monoisotopic (exact) mass is 181 g/mol. The highest BCUT2D eigenvalue weighted by atomic mass is 16.2. The lowest BCUT2D eigenvalue weighted by Gasteiger charge is -2.15. The van der Waals surface area contributed by atoms with Gasteiger partial charge in [0.2, 0.25) is 5.91 Å². The van der Waals surface area contributed by atoms with Gasteiger partial charge in [-0.3, -0.25) is 9.69 Å². The largest absolute Gasteiger partial charge is 0.311 e. The molecule has 0 saturated carbocycles. The summed E-state index contributed by atoms with van der Waals surface area (Å²) in [5.74, 6) is 0.328. The molecular formula is C9H15N3O. The van der Waals surface area contributed by atoms with E-state index in [0.717, 1.165) is 0 Å². The maximum absolute atomic E-state index is 11.3. The Balaban J connectivity index is 4.16. The van der Waals surface area contributed by atoms with Crippen molar-refractivity contribution < 1.29 is 4.79 Å². The van der Waals surface area contributed by atoms with E-state index in [1.54, 1.807) is 14.1 Å². The van der Waals surface area contributed by atoms with E-state index in [0.29, 0.717) is 5.82 Å². The normalized spacial score (nSPS) is 10.0. The van der Waals surface area contributed by atoms with Crippen molar-refractivity contribution in [1.29, 1.82) is 0 Å². The van der Waals surface area contributed by atoms with Crippen molar-refractivity contribution in [3.8, 4) is 0 Å². The molecule has 0 heterocycles. The predicted molar refractivity (Wildman–Crippen MR) is 54.5 cm³/mol. The van der Waals surface area contributed by atoms with Gasteiger partial charge in [0.1, 0.15) is 5.82 Å². The van der Waals surface area contributed by atoms with E-state index >= 15 is 0 Å². The van der Waals surface area contributed by atoms with Crippen molar-refractivity contribution in [2.45, 2.75) is 0 Å². The van der Waals surface area contributed by atoms with Gasteiger partial charge in [-0.05, 0) is 7.05 Å². The minimum Gasteiger partial charge on any atom is -0.311 e. The number of carbonyl (C=O) groups is 1. The highest BCUT2D eigenvalue weighted by molar-refractivity contribution is 5.80. The van der Waals surface area contributed by atoms with Crippen LogP contribution in [-0.2, 0) is 4.79 Å². The highest BCUT2D eigenvalue weighted by Gasteiger charge is 2.08. The fourth-order valence-corrected chi connectivity index (χ4v) is 0.639. The van der Waals surface area contributed by atoms with Crippen LogP contribution in [0.1, 0.15) is 0 Å². The van der Waals surface area contributed by atoms with Crippen LogP contribution < -0.4 is 5.32 Å². The number of hydrogen-bond acceptors (Lipinski definition) is 3. The summed E-state index contributed by atoms with van der Waals surface area (Å²) in [4.78, 5) is 16.5. The number of amides is 1. The van der Waals surface area contributed by atoms with Gasteiger partial charge in [-0.1, -0.05) is 19.2 Å². The molecule has 0 saturated heterocycles. The van der Waals surface area contributed by atoms with Crippen LogP contribution in [0, 0.1) is 0 Å². The van der Waals surface area contributed by atoms with Crippen molar-refractivity contribution >= 4 is 12.1 Å². The molecule has 0 aromatic rings. The maximum Gasteiger partial charge on any atom is 0.241 e. The molecule has 0 aromatic carbocycles. The zero-order valence-electron chi connectivity index (χ0n) is 8.08. The number of hydrogen-bond donors (Lipinski definition) is 1. The summed E-state index contributed by atoms with van der Waals surface area (Å²) in [6.07, 6.45) is 3.02. The molecule has 4 heteroatoms. The van der Waals surface area contributed by atoms with Crippen molar-refractivity contribution in [3.05, 3.63) is 25.1 Å². The molecule has 0 aliphatic carbocycles. The third-order valence-electron chi connectivity index (χ3n) is 1.42. The molecule has 0 aliphatic rings. The van der Waals surface area contributed by atoms with E-state index in [9.17, 15) is 4.79 Å². The molecule has 0 spiro atoms. The number of aliphatic imine (C=N–C) groups is 1. The zero-order valence-corrected chi connectivity index (χ0v) is 8.08. The van der Waals surface area contributed by atoms with Crippen LogP contribution in [0.15, 0.2) is 30.0 Å². The van der Waals surface area contributed by atoms with E-state index in [1.807, 2.05) is 0 Å². The summed E-state index contributed by atoms with van der Waals surface area (Å²) in [5.41, 5.74) is 0. The Bertz CT molecular complexity index is 233. The Morgan fingerprint density at radius 3 is 2.77 bits per heavy atom. The molecule has 1 N–H and O–H groups in total. The Morgan fingerprint density at radius 1 is 1.69 bits per heavy atom. The Kier molecular flexibility index (Phi) is 5.47. The number of carbonyl (C=O) groups excluding carboxylic acids is 1. The minimum absolute atomic E-state index is 0.0753. The second-order valence-electron chi connectivity index (χ2n) is 2.41. The quantitative estimate of drug-likeness (QED) is 0.624. The van der Waals surface area contributed by atoms with Gasteiger partial charge in [-0.25, -0.2) is 4.99 Å². The van der Waals surface area contributed by atoms with E-state index in [-0.39, 0.29) is 12.5 Å². The van der Waals surface area contributed by atoms with Crippen molar-refractivity contribution in [3.63, 3.8) is 0 Å². The molecular weight excluding hydrogens is 166 g/mol. The van der Waals surface area contributed by atoms with E-state index in [1.165, 1.54) is 17.2 Å². The summed E-state index contributed by atoms with van der Waals surface area (Å²) in [5, 5.41) is 2.75. The zero-order chi connectivity index (χ0) is 10.3. The van der Waals surface area contributed by atoms with Crippen molar-refractivity contribution in [1.82, 2.24) is 10.2 Å². The molecule has 13 heavy (non-hydrogen) atoms. The van der Waals surface area contributed by atoms with Gasteiger partial charge in [-0.2, -0.15) is 0 Å². The van der Waals surface area contributed by atoms with Gasteiger partial charge in [0.25, 0.3) is 0 Å². The maximum atomic E-state index is 11.3. The molecule has 72 valence electrons. The second-order valence-corrected chi connectivity index (χ2v) is 2.41. The number of likely N-dealkylation sites (N-methyl/N-ethyl adjacent to an activating group) is 2. The van der Waals surface area contributed by atoms with Gasteiger partial charge in [0, 0.05) is 13.3 Å². The SMILES string of the molecule is C=C/C=N\C(=C)N(C)C(=O)CNC. The smallest absolute Gasteiger partial charge is 0.241 e. The average Bonchev–Trinajstić information content (AvgIpc) is 2.13. The van der Waals surface area contributed by atoms with Crippen LogP contribution in [0.5, 0.6) is 0 Å². The summed E-state index contributed by atoms with van der Waals surface area (Å²) in [6, 6.07) is 0. The molecule has 1 amide bonds. The first-order chi connectivity index (χ1) is 6.13. The van der Waals surface area contributed by atoms with Crippen molar-refractivity contribution in [2.24, 2.45) is 4.99 Å². The average molecular weight is 181 g/mol. The van der Waals surface area contributed by atoms with Gasteiger partial charge in [0.15, 0.2) is 0 Å². The van der Waals surface area contributed by atoms with Crippen LogP contribution in [-0.4, -0.2) is 37.7 Å². The predicted octanol–water partition coefficient (Wildman–Crippen LogP) is 0.392. The molecule has 0 bridgehead atoms. The minimum atomic E-state index is -0.0753. The molecule has 0 radical (unpaired) electrons.